The number of aliphatic hydroxyl groups excluding tert-OH is 1. The number of likely N-dealkylation sites (N-methyl/N-ethyl adjacent to an activating group) is 1. The van der Waals surface area contributed by atoms with Crippen molar-refractivity contribution in [2.75, 3.05) is 43.9 Å². The first-order valence-electron chi connectivity index (χ1n) is 16.6. The molecule has 0 radical (unpaired) electrons. The van der Waals surface area contributed by atoms with Crippen LogP contribution in [0.3, 0.4) is 0 Å². The Labute approximate surface area is 280 Å². The fourth-order valence-corrected chi connectivity index (χ4v) is 6.59. The molecule has 0 unspecified atom stereocenters. The van der Waals surface area contributed by atoms with E-state index in [-0.39, 0.29) is 6.61 Å². The van der Waals surface area contributed by atoms with Crippen molar-refractivity contribution in [3.05, 3.63) is 102 Å². The summed E-state index contributed by atoms with van der Waals surface area (Å²) >= 11 is 0. The van der Waals surface area contributed by atoms with Gasteiger partial charge in [-0.05, 0) is 111 Å². The molecule has 4 aromatic heterocycles. The van der Waals surface area contributed by atoms with Crippen LogP contribution in [0.1, 0.15) is 35.1 Å². The number of rotatable bonds is 11. The van der Waals surface area contributed by atoms with Crippen molar-refractivity contribution in [2.24, 2.45) is 0 Å². The Balaban J connectivity index is 1.14. The average Bonchev–Trinajstić information content (AvgIpc) is 3.60. The first-order valence-corrected chi connectivity index (χ1v) is 16.6. The summed E-state index contributed by atoms with van der Waals surface area (Å²) in [7, 11) is 1.97. The van der Waals surface area contributed by atoms with Crippen molar-refractivity contribution in [3.63, 3.8) is 0 Å². The minimum Gasteiger partial charge on any atom is -0.395 e. The fraction of sp³-hybridized carbons (Fsp3) is 0.289. The number of hydrogen-bond donors (Lipinski definition) is 3. The van der Waals surface area contributed by atoms with Gasteiger partial charge in [0.15, 0.2) is 11.6 Å². The van der Waals surface area contributed by atoms with Crippen LogP contribution in [0.4, 0.5) is 23.0 Å². The molecule has 0 aliphatic carbocycles. The van der Waals surface area contributed by atoms with Gasteiger partial charge in [-0.3, -0.25) is 19.8 Å². The SMILES string of the molecule is Cc1c(Nc2nccc3cc(CN4CCCC4)cnc23)cccc1-c1cccc(Nc2ncnc3cc(CN(C)CCO)cnc23)c1C. The molecule has 1 aliphatic rings. The minimum atomic E-state index is 0.116. The summed E-state index contributed by atoms with van der Waals surface area (Å²) in [5.74, 6) is 1.40. The number of hydrogen-bond acceptors (Lipinski definition) is 10. The van der Waals surface area contributed by atoms with Crippen LogP contribution < -0.4 is 10.6 Å². The van der Waals surface area contributed by atoms with Crippen LogP contribution in [-0.4, -0.2) is 73.1 Å². The van der Waals surface area contributed by atoms with Crippen LogP contribution >= 0.6 is 0 Å². The van der Waals surface area contributed by atoms with E-state index in [9.17, 15) is 5.11 Å². The topological polar surface area (TPSA) is 115 Å². The van der Waals surface area contributed by atoms with E-state index in [1.807, 2.05) is 42.7 Å². The van der Waals surface area contributed by atoms with Crippen LogP contribution in [0, 0.1) is 13.8 Å². The highest BCUT2D eigenvalue weighted by atomic mass is 16.3. The number of pyridine rings is 3. The number of benzene rings is 2. The highest BCUT2D eigenvalue weighted by Crippen LogP contribution is 2.36. The van der Waals surface area contributed by atoms with Crippen molar-refractivity contribution in [1.82, 2.24) is 34.7 Å². The normalized spacial score (nSPS) is 13.5. The smallest absolute Gasteiger partial charge is 0.160 e. The van der Waals surface area contributed by atoms with Crippen LogP contribution in [0.5, 0.6) is 0 Å². The van der Waals surface area contributed by atoms with Crippen LogP contribution in [-0.2, 0) is 13.1 Å². The second kappa shape index (κ2) is 14.0. The molecule has 244 valence electrons. The van der Waals surface area contributed by atoms with Gasteiger partial charge in [-0.15, -0.1) is 0 Å². The number of nitrogens with one attached hydrogen (secondary N) is 2. The summed E-state index contributed by atoms with van der Waals surface area (Å²) in [5.41, 5.74) is 11.0. The maximum Gasteiger partial charge on any atom is 0.160 e. The first-order chi connectivity index (χ1) is 23.5. The Morgan fingerprint density at radius 1 is 0.771 bits per heavy atom. The Morgan fingerprint density at radius 2 is 1.44 bits per heavy atom. The molecule has 0 bridgehead atoms. The maximum absolute atomic E-state index is 9.25. The van der Waals surface area contributed by atoms with E-state index in [1.54, 1.807) is 6.33 Å². The number of fused-ring (bicyclic) bond motifs is 2. The molecule has 10 heteroatoms. The zero-order valence-corrected chi connectivity index (χ0v) is 27.7. The summed E-state index contributed by atoms with van der Waals surface area (Å²) in [6.45, 7) is 8.92. The molecular weight excluding hydrogens is 598 g/mol. The Hall–Kier alpha value is -5.03. The summed E-state index contributed by atoms with van der Waals surface area (Å²) in [5, 5.41) is 17.5. The van der Waals surface area contributed by atoms with E-state index < -0.39 is 0 Å². The lowest BCUT2D eigenvalue weighted by Crippen LogP contribution is -2.21. The summed E-state index contributed by atoms with van der Waals surface area (Å²) in [4.78, 5) is 27.8. The van der Waals surface area contributed by atoms with E-state index in [0.29, 0.717) is 24.4 Å². The first kappa shape index (κ1) is 31.6. The number of anilines is 4. The van der Waals surface area contributed by atoms with Gasteiger partial charge in [0.25, 0.3) is 0 Å². The third kappa shape index (κ3) is 6.68. The lowest BCUT2D eigenvalue weighted by Gasteiger charge is -2.18. The van der Waals surface area contributed by atoms with Crippen LogP contribution in [0.2, 0.25) is 0 Å². The van der Waals surface area contributed by atoms with Crippen LogP contribution in [0.15, 0.2) is 79.5 Å². The molecule has 3 N–H and O–H groups in total. The quantitative estimate of drug-likeness (QED) is 0.140. The van der Waals surface area contributed by atoms with Crippen molar-refractivity contribution in [1.29, 1.82) is 0 Å². The molecule has 10 nitrogen and oxygen atoms in total. The molecule has 48 heavy (non-hydrogen) atoms. The van der Waals surface area contributed by atoms with E-state index in [4.69, 9.17) is 9.97 Å². The average molecular weight is 640 g/mol. The van der Waals surface area contributed by atoms with Gasteiger partial charge < -0.3 is 15.7 Å². The largest absolute Gasteiger partial charge is 0.395 e. The molecule has 0 amide bonds. The van der Waals surface area contributed by atoms with E-state index in [0.717, 1.165) is 81.1 Å². The van der Waals surface area contributed by atoms with E-state index in [1.165, 1.54) is 18.4 Å². The Bertz CT molecular complexity index is 2080. The highest BCUT2D eigenvalue weighted by Gasteiger charge is 2.16. The van der Waals surface area contributed by atoms with Crippen molar-refractivity contribution in [2.45, 2.75) is 39.8 Å². The number of likely N-dealkylation sites (tertiary alicyclic amines) is 1. The summed E-state index contributed by atoms with van der Waals surface area (Å²) < 4.78 is 0. The zero-order valence-electron chi connectivity index (χ0n) is 27.7. The van der Waals surface area contributed by atoms with E-state index in [2.05, 4.69) is 86.8 Å². The Morgan fingerprint density at radius 3 is 2.15 bits per heavy atom. The molecule has 0 atom stereocenters. The van der Waals surface area contributed by atoms with Gasteiger partial charge in [-0.25, -0.2) is 15.0 Å². The molecular formula is C38H41N9O. The van der Waals surface area contributed by atoms with Crippen LogP contribution in [0.25, 0.3) is 33.1 Å². The molecule has 5 heterocycles. The summed E-state index contributed by atoms with van der Waals surface area (Å²) in [6, 6.07) is 18.9. The van der Waals surface area contributed by atoms with E-state index >= 15 is 0 Å². The number of nitrogens with zero attached hydrogens (tertiary/aromatic N) is 7. The molecule has 6 aromatic rings. The maximum atomic E-state index is 9.25. The predicted molar refractivity (Wildman–Crippen MR) is 193 cm³/mol. The molecule has 1 fully saturated rings. The molecule has 0 spiro atoms. The van der Waals surface area contributed by atoms with Gasteiger partial charge in [-0.1, -0.05) is 24.3 Å². The monoisotopic (exact) mass is 639 g/mol. The third-order valence-electron chi connectivity index (χ3n) is 9.19. The number of aromatic nitrogens is 5. The molecule has 1 saturated heterocycles. The van der Waals surface area contributed by atoms with Gasteiger partial charge in [0.1, 0.15) is 17.4 Å². The van der Waals surface area contributed by atoms with Gasteiger partial charge in [0.05, 0.1) is 12.1 Å². The molecule has 1 aliphatic heterocycles. The molecule has 0 saturated carbocycles. The summed E-state index contributed by atoms with van der Waals surface area (Å²) in [6.07, 6.45) is 9.82. The third-order valence-corrected chi connectivity index (χ3v) is 9.19. The predicted octanol–water partition coefficient (Wildman–Crippen LogP) is 6.76. The second-order valence-corrected chi connectivity index (χ2v) is 12.7. The van der Waals surface area contributed by atoms with Gasteiger partial charge in [0, 0.05) is 55.0 Å². The molecule has 7 rings (SSSR count). The van der Waals surface area contributed by atoms with Crippen molar-refractivity contribution < 1.29 is 5.11 Å². The number of aliphatic hydroxyl groups is 1. The lowest BCUT2D eigenvalue weighted by atomic mass is 9.94. The highest BCUT2D eigenvalue weighted by molar-refractivity contribution is 5.92. The van der Waals surface area contributed by atoms with Gasteiger partial charge in [-0.2, -0.15) is 0 Å². The van der Waals surface area contributed by atoms with Gasteiger partial charge in [0.2, 0.25) is 0 Å². The van der Waals surface area contributed by atoms with Gasteiger partial charge >= 0.3 is 0 Å². The fourth-order valence-electron chi connectivity index (χ4n) is 6.59. The Kier molecular flexibility index (Phi) is 9.20. The lowest BCUT2D eigenvalue weighted by molar-refractivity contribution is 0.217. The standard InChI is InChI=1S/C38H41N9O/c1-25-30(8-6-10-32(25)44-37-35-29(12-13-39-37)18-27(20-40-35)23-47-14-4-5-15-47)31-9-7-11-33(26(31)2)45-38-36-34(42-24-43-38)19-28(21-41-36)22-46(3)16-17-48/h6-13,18-21,24,48H,4-5,14-17,22-23H2,1-3H3,(H,39,44)(H,42,43,45). The molecule has 2 aromatic carbocycles. The van der Waals surface area contributed by atoms with Crippen molar-refractivity contribution in [3.8, 4) is 11.1 Å². The second-order valence-electron chi connectivity index (χ2n) is 12.7. The minimum absolute atomic E-state index is 0.116. The van der Waals surface area contributed by atoms with Crippen molar-refractivity contribution >= 4 is 44.9 Å². The zero-order chi connectivity index (χ0) is 33.0.